The summed E-state index contributed by atoms with van der Waals surface area (Å²) in [6, 6.07) is 2.93. The Hall–Kier alpha value is -2.65. The van der Waals surface area contributed by atoms with Gasteiger partial charge in [0.1, 0.15) is 5.65 Å². The maximum atomic E-state index is 12.6. The van der Waals surface area contributed by atoms with Gasteiger partial charge in [0, 0.05) is 43.8 Å². The number of aromatic nitrogens is 3. The van der Waals surface area contributed by atoms with Crippen LogP contribution in [0.4, 0.5) is 11.4 Å². The minimum Gasteiger partial charge on any atom is -0.368 e. The predicted octanol–water partition coefficient (Wildman–Crippen LogP) is 2.19. The number of carbonyl (C=O) groups is 1. The summed E-state index contributed by atoms with van der Waals surface area (Å²) in [5.74, 6) is -0.312. The Morgan fingerprint density at radius 3 is 2.93 bits per heavy atom. The molecule has 3 aromatic rings. The number of aromatic amines is 2. The second-order valence-electron chi connectivity index (χ2n) is 6.62. The lowest BCUT2D eigenvalue weighted by molar-refractivity contribution is 0.102. The molecule has 1 aliphatic rings. The zero-order valence-corrected chi connectivity index (χ0v) is 16.0. The minimum absolute atomic E-state index is 0.118. The Morgan fingerprint density at radius 2 is 2.19 bits per heavy atom. The van der Waals surface area contributed by atoms with Crippen molar-refractivity contribution < 1.29 is 4.79 Å². The van der Waals surface area contributed by atoms with Crippen LogP contribution < -0.4 is 21.5 Å². The molecule has 4 rings (SSSR count). The average molecular weight is 431 g/mol. The van der Waals surface area contributed by atoms with Crippen molar-refractivity contribution in [3.8, 4) is 0 Å². The van der Waals surface area contributed by atoms with Gasteiger partial charge in [-0.2, -0.15) is 0 Å². The number of nitrogens with one attached hydrogen (secondary N) is 3. The molecule has 1 amide bonds. The number of carbonyl (C=O) groups excluding carboxylic acids is 1. The third-order valence-electron chi connectivity index (χ3n) is 4.70. The van der Waals surface area contributed by atoms with Gasteiger partial charge in [-0.1, -0.05) is 0 Å². The molecular weight excluding hydrogens is 412 g/mol. The monoisotopic (exact) mass is 430 g/mol. The van der Waals surface area contributed by atoms with Gasteiger partial charge in [-0.05, 0) is 34.8 Å². The molecule has 140 valence electrons. The topological polar surface area (TPSA) is 120 Å². The molecule has 1 fully saturated rings. The quantitative estimate of drug-likeness (QED) is 0.507. The number of hydrogen-bond acceptors (Lipinski definition) is 5. The first kappa shape index (κ1) is 17.7. The molecule has 0 spiro atoms. The number of H-pyrrole nitrogens is 2. The highest BCUT2D eigenvalue weighted by atomic mass is 79.9. The second kappa shape index (κ2) is 7.16. The molecule has 1 atom stereocenters. The van der Waals surface area contributed by atoms with Gasteiger partial charge in [0.15, 0.2) is 0 Å². The molecule has 0 unspecified atom stereocenters. The average Bonchev–Trinajstić information content (AvgIpc) is 3.05. The fourth-order valence-corrected chi connectivity index (χ4v) is 3.97. The van der Waals surface area contributed by atoms with Crippen LogP contribution in [0.15, 0.2) is 40.0 Å². The standard InChI is InChI=1S/C18H19BrN6O2/c19-12-7-22-17-15(16(12)25-5-1-2-11(20)9-25)13(8-23-17)24-18(27)10-3-4-14(26)21-6-10/h3-4,6-8,11H,1-2,5,9,20H2,(H,21,26)(H,22,23)(H,24,27)/t11-/m1/s1. The maximum Gasteiger partial charge on any atom is 0.257 e. The van der Waals surface area contributed by atoms with E-state index in [2.05, 4.69) is 41.1 Å². The molecular formula is C18H19BrN6O2. The summed E-state index contributed by atoms with van der Waals surface area (Å²) < 4.78 is 0.850. The number of pyridine rings is 2. The number of nitrogens with zero attached hydrogens (tertiary/aromatic N) is 2. The van der Waals surface area contributed by atoms with E-state index in [1.54, 1.807) is 12.4 Å². The largest absolute Gasteiger partial charge is 0.368 e. The van der Waals surface area contributed by atoms with Gasteiger partial charge < -0.3 is 25.9 Å². The number of piperidine rings is 1. The van der Waals surface area contributed by atoms with Crippen molar-refractivity contribution in [1.82, 2.24) is 15.0 Å². The van der Waals surface area contributed by atoms with Gasteiger partial charge in [0.05, 0.1) is 26.8 Å². The highest BCUT2D eigenvalue weighted by molar-refractivity contribution is 9.10. The second-order valence-corrected chi connectivity index (χ2v) is 7.48. The lowest BCUT2D eigenvalue weighted by atomic mass is 10.1. The summed E-state index contributed by atoms with van der Waals surface area (Å²) in [5.41, 5.74) is 8.55. The van der Waals surface area contributed by atoms with Crippen LogP contribution in [0.2, 0.25) is 0 Å². The fourth-order valence-electron chi connectivity index (χ4n) is 3.42. The third kappa shape index (κ3) is 3.47. The van der Waals surface area contributed by atoms with E-state index in [4.69, 9.17) is 5.73 Å². The van der Waals surface area contributed by atoms with Crippen LogP contribution in [0, 0.1) is 0 Å². The molecule has 1 aliphatic heterocycles. The fraction of sp³-hybridized carbons (Fsp3) is 0.278. The van der Waals surface area contributed by atoms with Crippen LogP contribution in [-0.2, 0) is 0 Å². The number of fused-ring (bicyclic) bond motifs is 1. The number of anilines is 2. The van der Waals surface area contributed by atoms with Crippen molar-refractivity contribution >= 4 is 44.2 Å². The third-order valence-corrected chi connectivity index (χ3v) is 5.28. The summed E-state index contributed by atoms with van der Waals surface area (Å²) >= 11 is 3.60. The van der Waals surface area contributed by atoms with E-state index in [9.17, 15) is 9.59 Å². The Bertz CT molecular complexity index is 1040. The van der Waals surface area contributed by atoms with E-state index in [0.717, 1.165) is 41.5 Å². The number of rotatable bonds is 3. The molecule has 1 saturated heterocycles. The summed E-state index contributed by atoms with van der Waals surface area (Å²) in [6.45, 7) is 1.64. The number of hydrogen-bond donors (Lipinski definition) is 4. The smallest absolute Gasteiger partial charge is 0.257 e. The van der Waals surface area contributed by atoms with E-state index in [1.165, 1.54) is 18.3 Å². The van der Waals surface area contributed by atoms with Gasteiger partial charge in [-0.15, -0.1) is 0 Å². The molecule has 0 radical (unpaired) electrons. The zero-order chi connectivity index (χ0) is 19.0. The first-order valence-corrected chi connectivity index (χ1v) is 9.48. The Labute approximate surface area is 163 Å². The van der Waals surface area contributed by atoms with Gasteiger partial charge in [-0.25, -0.2) is 4.98 Å². The van der Waals surface area contributed by atoms with Crippen molar-refractivity contribution in [2.45, 2.75) is 18.9 Å². The normalized spacial score (nSPS) is 17.3. The van der Waals surface area contributed by atoms with E-state index in [-0.39, 0.29) is 17.5 Å². The van der Waals surface area contributed by atoms with Gasteiger partial charge >= 0.3 is 0 Å². The molecule has 9 heteroatoms. The number of amides is 1. The Kier molecular flexibility index (Phi) is 4.71. The molecule has 4 heterocycles. The SMILES string of the molecule is N[C@@H]1CCCN(c2c(Br)cnc3[nH]cc(NC(=O)c4ccc(=O)[nH]c4)c23)C1. The highest BCUT2D eigenvalue weighted by Gasteiger charge is 2.24. The van der Waals surface area contributed by atoms with Crippen LogP contribution in [0.3, 0.4) is 0 Å². The van der Waals surface area contributed by atoms with E-state index >= 15 is 0 Å². The van der Waals surface area contributed by atoms with Crippen LogP contribution in [0.5, 0.6) is 0 Å². The molecule has 0 aromatic carbocycles. The number of halogens is 1. The van der Waals surface area contributed by atoms with Crippen molar-refractivity contribution in [3.05, 3.63) is 51.1 Å². The Balaban J connectivity index is 1.73. The zero-order valence-electron chi connectivity index (χ0n) is 14.5. The lowest BCUT2D eigenvalue weighted by Gasteiger charge is -2.33. The van der Waals surface area contributed by atoms with Gasteiger partial charge in [0.25, 0.3) is 5.91 Å². The highest BCUT2D eigenvalue weighted by Crippen LogP contribution is 2.38. The predicted molar refractivity (Wildman–Crippen MR) is 108 cm³/mol. The van der Waals surface area contributed by atoms with E-state index < -0.39 is 0 Å². The molecule has 8 nitrogen and oxygen atoms in total. The summed E-state index contributed by atoms with van der Waals surface area (Å²) in [6.07, 6.45) is 6.89. The minimum atomic E-state index is -0.312. The molecule has 27 heavy (non-hydrogen) atoms. The number of nitrogens with two attached hydrogens (primary N) is 1. The van der Waals surface area contributed by atoms with Crippen LogP contribution >= 0.6 is 15.9 Å². The van der Waals surface area contributed by atoms with Gasteiger partial charge in [-0.3, -0.25) is 9.59 Å². The molecule has 5 N–H and O–H groups in total. The van der Waals surface area contributed by atoms with Crippen molar-refractivity contribution in [3.63, 3.8) is 0 Å². The summed E-state index contributed by atoms with van der Waals surface area (Å²) in [5, 5.41) is 3.74. The van der Waals surface area contributed by atoms with Crippen molar-refractivity contribution in [2.75, 3.05) is 23.3 Å². The van der Waals surface area contributed by atoms with Gasteiger partial charge in [0.2, 0.25) is 5.56 Å². The van der Waals surface area contributed by atoms with Crippen LogP contribution in [0.1, 0.15) is 23.2 Å². The molecule has 0 bridgehead atoms. The summed E-state index contributed by atoms with van der Waals surface area (Å²) in [7, 11) is 0. The van der Waals surface area contributed by atoms with E-state index in [0.29, 0.717) is 16.9 Å². The van der Waals surface area contributed by atoms with Crippen molar-refractivity contribution in [2.24, 2.45) is 5.73 Å². The first-order valence-electron chi connectivity index (χ1n) is 8.69. The molecule has 3 aromatic heterocycles. The maximum absolute atomic E-state index is 12.6. The van der Waals surface area contributed by atoms with Crippen LogP contribution in [-0.4, -0.2) is 40.0 Å². The Morgan fingerprint density at radius 1 is 1.33 bits per heavy atom. The lowest BCUT2D eigenvalue weighted by Crippen LogP contribution is -2.43. The first-order chi connectivity index (χ1) is 13.0. The van der Waals surface area contributed by atoms with Crippen LogP contribution in [0.25, 0.3) is 11.0 Å². The van der Waals surface area contributed by atoms with E-state index in [1.807, 2.05) is 0 Å². The van der Waals surface area contributed by atoms with Crippen molar-refractivity contribution in [1.29, 1.82) is 0 Å². The summed E-state index contributed by atoms with van der Waals surface area (Å²) in [4.78, 5) is 36.0. The molecule has 0 saturated carbocycles. The molecule has 0 aliphatic carbocycles.